The third-order valence-corrected chi connectivity index (χ3v) is 4.93. The van der Waals surface area contributed by atoms with Crippen LogP contribution in [0.25, 0.3) is 11.5 Å². The maximum atomic E-state index is 12.0. The number of thioether (sulfide) groups is 1. The molecule has 0 saturated carbocycles. The van der Waals surface area contributed by atoms with Crippen LogP contribution in [0.2, 0.25) is 0 Å². The van der Waals surface area contributed by atoms with E-state index in [4.69, 9.17) is 4.42 Å². The molecule has 5 nitrogen and oxygen atoms in total. The van der Waals surface area contributed by atoms with Crippen LogP contribution in [0.1, 0.15) is 33.6 Å². The average molecular weight is 412 g/mol. The quantitative estimate of drug-likeness (QED) is 0.645. The van der Waals surface area contributed by atoms with Gasteiger partial charge in [0.15, 0.2) is 0 Å². The molecule has 0 radical (unpaired) electrons. The SMILES string of the molecule is CC(C)CC[C@@H](C)NC(=O)CSc1nnc(-c2ccccc2Br)o1. The van der Waals surface area contributed by atoms with E-state index in [-0.39, 0.29) is 17.7 Å². The molecule has 0 aliphatic carbocycles. The van der Waals surface area contributed by atoms with Crippen LogP contribution in [0.3, 0.4) is 0 Å². The van der Waals surface area contributed by atoms with Crippen LogP contribution in [-0.4, -0.2) is 27.9 Å². The van der Waals surface area contributed by atoms with Crippen molar-refractivity contribution in [2.45, 2.75) is 44.9 Å². The zero-order valence-electron chi connectivity index (χ0n) is 14.1. The number of benzene rings is 1. The van der Waals surface area contributed by atoms with Gasteiger partial charge >= 0.3 is 0 Å². The molecule has 1 amide bonds. The Labute approximate surface area is 155 Å². The smallest absolute Gasteiger partial charge is 0.277 e. The second-order valence-corrected chi connectivity index (χ2v) is 7.86. The van der Waals surface area contributed by atoms with Crippen molar-refractivity contribution in [2.24, 2.45) is 5.92 Å². The number of nitrogens with one attached hydrogen (secondary N) is 1. The third-order valence-electron chi connectivity index (χ3n) is 3.42. The molecule has 24 heavy (non-hydrogen) atoms. The van der Waals surface area contributed by atoms with E-state index in [1.807, 2.05) is 31.2 Å². The van der Waals surface area contributed by atoms with Crippen molar-refractivity contribution >= 4 is 33.6 Å². The highest BCUT2D eigenvalue weighted by atomic mass is 79.9. The van der Waals surface area contributed by atoms with Gasteiger partial charge in [-0.25, -0.2) is 0 Å². The minimum absolute atomic E-state index is 0.0168. The number of hydrogen-bond donors (Lipinski definition) is 1. The molecule has 130 valence electrons. The molecule has 0 saturated heterocycles. The predicted octanol–water partition coefficient (Wildman–Crippen LogP) is 4.53. The summed E-state index contributed by atoms with van der Waals surface area (Å²) in [5.74, 6) is 1.34. The van der Waals surface area contributed by atoms with Gasteiger partial charge in [0.05, 0.1) is 11.3 Å². The molecule has 1 N–H and O–H groups in total. The maximum absolute atomic E-state index is 12.0. The lowest BCUT2D eigenvalue weighted by molar-refractivity contribution is -0.119. The lowest BCUT2D eigenvalue weighted by Crippen LogP contribution is -2.34. The number of halogens is 1. The van der Waals surface area contributed by atoms with Gasteiger partial charge < -0.3 is 9.73 Å². The highest BCUT2D eigenvalue weighted by molar-refractivity contribution is 9.10. The van der Waals surface area contributed by atoms with Crippen LogP contribution < -0.4 is 5.32 Å². The first-order valence-corrected chi connectivity index (χ1v) is 9.74. The molecule has 1 heterocycles. The normalized spacial score (nSPS) is 12.4. The molecule has 1 atom stereocenters. The molecule has 0 fully saturated rings. The third kappa shape index (κ3) is 5.94. The Morgan fingerprint density at radius 2 is 2.00 bits per heavy atom. The largest absolute Gasteiger partial charge is 0.411 e. The zero-order valence-corrected chi connectivity index (χ0v) is 16.5. The highest BCUT2D eigenvalue weighted by Gasteiger charge is 2.14. The van der Waals surface area contributed by atoms with Crippen LogP contribution >= 0.6 is 27.7 Å². The van der Waals surface area contributed by atoms with Crippen molar-refractivity contribution in [3.8, 4) is 11.5 Å². The number of amides is 1. The Hall–Kier alpha value is -1.34. The predicted molar refractivity (Wildman–Crippen MR) is 99.8 cm³/mol. The fourth-order valence-corrected chi connectivity index (χ4v) is 3.14. The topological polar surface area (TPSA) is 68.0 Å². The molecule has 1 aromatic heterocycles. The standard InChI is InChI=1S/C17H22BrN3O2S/c1-11(2)8-9-12(3)19-15(22)10-24-17-21-20-16(23-17)13-6-4-5-7-14(13)18/h4-7,11-12H,8-10H2,1-3H3,(H,19,22)/t12-/m1/s1. The van der Waals surface area contributed by atoms with E-state index in [1.165, 1.54) is 11.8 Å². The summed E-state index contributed by atoms with van der Waals surface area (Å²) in [6, 6.07) is 7.82. The zero-order chi connectivity index (χ0) is 17.5. The Balaban J connectivity index is 1.83. The molecule has 0 aliphatic heterocycles. The Morgan fingerprint density at radius 3 is 2.71 bits per heavy atom. The molecule has 0 spiro atoms. The summed E-state index contributed by atoms with van der Waals surface area (Å²) in [7, 11) is 0. The molecule has 0 aliphatic rings. The fraction of sp³-hybridized carbons (Fsp3) is 0.471. The van der Waals surface area contributed by atoms with Crippen molar-refractivity contribution in [1.29, 1.82) is 0 Å². The van der Waals surface area contributed by atoms with Crippen LogP contribution in [0.15, 0.2) is 38.4 Å². The summed E-state index contributed by atoms with van der Waals surface area (Å²) >= 11 is 4.71. The van der Waals surface area contributed by atoms with Crippen molar-refractivity contribution < 1.29 is 9.21 Å². The number of carbonyl (C=O) groups is 1. The van der Waals surface area contributed by atoms with Crippen LogP contribution in [0.4, 0.5) is 0 Å². The molecule has 1 aromatic carbocycles. The van der Waals surface area contributed by atoms with Gasteiger partial charge in [-0.2, -0.15) is 0 Å². The van der Waals surface area contributed by atoms with Gasteiger partial charge in [0.2, 0.25) is 11.8 Å². The second-order valence-electron chi connectivity index (χ2n) is 6.08. The second kappa shape index (κ2) is 9.22. The summed E-state index contributed by atoms with van der Waals surface area (Å²) in [5.41, 5.74) is 0.837. The van der Waals surface area contributed by atoms with Gasteiger partial charge in [-0.1, -0.05) is 37.7 Å². The van der Waals surface area contributed by atoms with Gasteiger partial charge in [-0.15, -0.1) is 10.2 Å². The van der Waals surface area contributed by atoms with Crippen molar-refractivity contribution in [3.63, 3.8) is 0 Å². The van der Waals surface area contributed by atoms with Crippen LogP contribution in [0.5, 0.6) is 0 Å². The molecular formula is C17H22BrN3O2S. The first-order valence-electron chi connectivity index (χ1n) is 7.96. The molecular weight excluding hydrogens is 390 g/mol. The number of carbonyl (C=O) groups excluding carboxylic acids is 1. The van der Waals surface area contributed by atoms with E-state index < -0.39 is 0 Å². The van der Waals surface area contributed by atoms with Crippen LogP contribution in [0, 0.1) is 5.92 Å². The average Bonchev–Trinajstić information content (AvgIpc) is 3.00. The number of rotatable bonds is 8. The van der Waals surface area contributed by atoms with E-state index in [1.54, 1.807) is 0 Å². The summed E-state index contributed by atoms with van der Waals surface area (Å²) in [5, 5.41) is 11.4. The van der Waals surface area contributed by atoms with Crippen molar-refractivity contribution in [2.75, 3.05) is 5.75 Å². The summed E-state index contributed by atoms with van der Waals surface area (Å²) in [6.45, 7) is 6.40. The highest BCUT2D eigenvalue weighted by Crippen LogP contribution is 2.28. The van der Waals surface area contributed by atoms with Crippen molar-refractivity contribution in [3.05, 3.63) is 28.7 Å². The Morgan fingerprint density at radius 1 is 1.25 bits per heavy atom. The fourth-order valence-electron chi connectivity index (χ4n) is 2.11. The minimum atomic E-state index is -0.0168. The molecule has 7 heteroatoms. The van der Waals surface area contributed by atoms with Crippen LogP contribution in [-0.2, 0) is 4.79 Å². The van der Waals surface area contributed by atoms with Gasteiger partial charge in [0, 0.05) is 10.5 Å². The van der Waals surface area contributed by atoms with Gasteiger partial charge in [0.1, 0.15) is 0 Å². The Bertz CT molecular complexity index is 675. The van der Waals surface area contributed by atoms with E-state index in [0.29, 0.717) is 17.0 Å². The Kier molecular flexibility index (Phi) is 7.30. The number of aromatic nitrogens is 2. The van der Waals surface area contributed by atoms with Gasteiger partial charge in [-0.05, 0) is 53.7 Å². The van der Waals surface area contributed by atoms with Gasteiger partial charge in [0.25, 0.3) is 5.22 Å². The van der Waals surface area contributed by atoms with E-state index in [9.17, 15) is 4.79 Å². The summed E-state index contributed by atoms with van der Waals surface area (Å²) in [4.78, 5) is 12.0. The first-order chi connectivity index (χ1) is 11.5. The molecule has 0 bridgehead atoms. The molecule has 2 aromatic rings. The summed E-state index contributed by atoms with van der Waals surface area (Å²) in [6.07, 6.45) is 2.09. The maximum Gasteiger partial charge on any atom is 0.277 e. The van der Waals surface area contributed by atoms with E-state index in [2.05, 4.69) is 45.3 Å². The lowest BCUT2D eigenvalue weighted by atomic mass is 10.0. The number of nitrogens with zero attached hydrogens (tertiary/aromatic N) is 2. The van der Waals surface area contributed by atoms with E-state index in [0.717, 1.165) is 22.9 Å². The van der Waals surface area contributed by atoms with Crippen molar-refractivity contribution in [1.82, 2.24) is 15.5 Å². The molecule has 0 unspecified atom stereocenters. The lowest BCUT2D eigenvalue weighted by Gasteiger charge is -2.14. The van der Waals surface area contributed by atoms with Gasteiger partial charge in [-0.3, -0.25) is 4.79 Å². The first kappa shape index (κ1) is 19.0. The minimum Gasteiger partial charge on any atom is -0.411 e. The monoisotopic (exact) mass is 411 g/mol. The molecule has 2 rings (SSSR count). The number of hydrogen-bond acceptors (Lipinski definition) is 5. The summed E-state index contributed by atoms with van der Waals surface area (Å²) < 4.78 is 6.51. The van der Waals surface area contributed by atoms with E-state index >= 15 is 0 Å².